The molecule has 9 aromatic carbocycles. The monoisotopic (exact) mass is 1160 g/mol. The van der Waals surface area contributed by atoms with Crippen molar-refractivity contribution in [2.75, 3.05) is 0 Å². The Labute approximate surface area is 514 Å². The van der Waals surface area contributed by atoms with E-state index in [-0.39, 0.29) is 5.56 Å². The summed E-state index contributed by atoms with van der Waals surface area (Å²) in [6.45, 7) is 11.3. The van der Waals surface area contributed by atoms with Gasteiger partial charge in [-0.1, -0.05) is 247 Å². The minimum absolute atomic E-state index is 0.256. The van der Waals surface area contributed by atoms with Gasteiger partial charge in [0.1, 0.15) is 11.0 Å². The summed E-state index contributed by atoms with van der Waals surface area (Å²) in [4.78, 5) is 11.7. The topological polar surface area (TPSA) is 72.9 Å². The first-order valence-corrected chi connectivity index (χ1v) is 34.2. The predicted molar refractivity (Wildman–Crippen MR) is 369 cm³/mol. The molecule has 0 fully saturated rings. The molecule has 0 bridgehead atoms. The highest BCUT2D eigenvalue weighted by molar-refractivity contribution is 7.00. The van der Waals surface area contributed by atoms with Gasteiger partial charge in [0, 0.05) is 67.6 Å². The average molecular weight is 1160 g/mol. The van der Waals surface area contributed by atoms with Crippen molar-refractivity contribution >= 4 is 105 Å². The SMILES string of the molecule is CCCCCCCCC(CCCCCC)Cn1c2ccccc2c2cc(-c3cc4c5c6c3cccc6c3cccc6c(C#Cc7ccc(-c8ccc(C(=O)O)cc8)c8nsnc78)cc(c5c63)n4CC(CCCCCC)CCCCCCCC)ccc21. The molecule has 0 spiro atoms. The molecule has 3 heterocycles. The number of fused-ring (bicyclic) bond motifs is 5. The van der Waals surface area contributed by atoms with Crippen molar-refractivity contribution in [2.45, 2.75) is 195 Å². The number of nitrogens with zero attached hydrogens (tertiary/aromatic N) is 4. The first-order chi connectivity index (χ1) is 42.4. The van der Waals surface area contributed by atoms with E-state index in [1.165, 1.54) is 253 Å². The van der Waals surface area contributed by atoms with E-state index in [4.69, 9.17) is 8.75 Å². The van der Waals surface area contributed by atoms with Crippen LogP contribution in [0, 0.1) is 23.7 Å². The minimum Gasteiger partial charge on any atom is -0.478 e. The van der Waals surface area contributed by atoms with Crippen molar-refractivity contribution in [1.29, 1.82) is 0 Å². The molecule has 12 aromatic rings. The Kier molecular flexibility index (Phi) is 19.0. The van der Waals surface area contributed by atoms with Crippen molar-refractivity contribution in [3.05, 3.63) is 144 Å². The second-order valence-corrected chi connectivity index (χ2v) is 25.9. The lowest BCUT2D eigenvalue weighted by Crippen LogP contribution is -2.11. The van der Waals surface area contributed by atoms with Crippen LogP contribution in [-0.2, 0) is 13.1 Å². The van der Waals surface area contributed by atoms with Gasteiger partial charge in [-0.05, 0) is 124 Å². The van der Waals surface area contributed by atoms with Crippen LogP contribution in [0.3, 0.4) is 0 Å². The molecule has 442 valence electrons. The summed E-state index contributed by atoms with van der Waals surface area (Å²) in [7, 11) is 0. The van der Waals surface area contributed by atoms with Crippen LogP contribution in [-0.4, -0.2) is 29.0 Å². The smallest absolute Gasteiger partial charge is 0.335 e. The average Bonchev–Trinajstić information content (AvgIpc) is 1.47. The van der Waals surface area contributed by atoms with E-state index in [2.05, 4.69) is 152 Å². The molecule has 0 saturated carbocycles. The number of benzene rings is 9. The highest BCUT2D eigenvalue weighted by Gasteiger charge is 2.27. The number of rotatable bonds is 31. The second kappa shape index (κ2) is 27.6. The Morgan fingerprint density at radius 2 is 0.907 bits per heavy atom. The van der Waals surface area contributed by atoms with Gasteiger partial charge in [0.2, 0.25) is 0 Å². The summed E-state index contributed by atoms with van der Waals surface area (Å²) in [5, 5.41) is 22.8. The Bertz CT molecular complexity index is 4320. The molecule has 0 saturated heterocycles. The summed E-state index contributed by atoms with van der Waals surface area (Å²) < 4.78 is 15.1. The summed E-state index contributed by atoms with van der Waals surface area (Å²) >= 11 is 1.19. The number of aromatic carboxylic acids is 1. The van der Waals surface area contributed by atoms with E-state index in [9.17, 15) is 9.90 Å². The van der Waals surface area contributed by atoms with Crippen LogP contribution in [0.15, 0.2) is 127 Å². The minimum atomic E-state index is -0.942. The number of unbranched alkanes of at least 4 members (excludes halogenated alkanes) is 16. The Balaban J connectivity index is 1.01. The molecule has 12 rings (SSSR count). The van der Waals surface area contributed by atoms with Gasteiger partial charge in [0.25, 0.3) is 0 Å². The molecule has 2 unspecified atom stereocenters. The number of carbonyl (C=O) groups is 1. The van der Waals surface area contributed by atoms with Gasteiger partial charge in [-0.25, -0.2) is 4.79 Å². The number of hydrogen-bond acceptors (Lipinski definition) is 4. The highest BCUT2D eigenvalue weighted by Crippen LogP contribution is 2.50. The van der Waals surface area contributed by atoms with Gasteiger partial charge in [0.15, 0.2) is 0 Å². The van der Waals surface area contributed by atoms with Gasteiger partial charge >= 0.3 is 5.97 Å². The molecule has 86 heavy (non-hydrogen) atoms. The van der Waals surface area contributed by atoms with Crippen LogP contribution in [0.2, 0.25) is 0 Å². The van der Waals surface area contributed by atoms with Gasteiger partial charge < -0.3 is 14.2 Å². The van der Waals surface area contributed by atoms with Gasteiger partial charge in [0.05, 0.1) is 33.9 Å². The zero-order valence-electron chi connectivity index (χ0n) is 51.7. The molecule has 0 aliphatic rings. The van der Waals surface area contributed by atoms with Crippen molar-refractivity contribution in [3.8, 4) is 34.1 Å². The van der Waals surface area contributed by atoms with Crippen LogP contribution in [0.25, 0.3) is 109 Å². The molecular weight excluding hydrogens is 1070 g/mol. The molecule has 0 aliphatic heterocycles. The van der Waals surface area contributed by atoms with E-state index < -0.39 is 5.97 Å². The van der Waals surface area contributed by atoms with Crippen molar-refractivity contribution in [2.24, 2.45) is 11.8 Å². The van der Waals surface area contributed by atoms with Crippen LogP contribution in [0.5, 0.6) is 0 Å². The fourth-order valence-electron chi connectivity index (χ4n) is 14.8. The number of aromatic nitrogens is 4. The lowest BCUT2D eigenvalue weighted by atomic mass is 9.86. The van der Waals surface area contributed by atoms with Gasteiger partial charge in [-0.2, -0.15) is 8.75 Å². The fraction of sp³-hybridized carbons (Fsp3) is 0.405. The summed E-state index contributed by atoms with van der Waals surface area (Å²) in [6.07, 6.45) is 31.4. The number of carboxylic acids is 1. The third kappa shape index (κ3) is 12.1. The normalized spacial score (nSPS) is 12.8. The largest absolute Gasteiger partial charge is 0.478 e. The molecule has 0 amide bonds. The molecule has 1 N–H and O–H groups in total. The molecule has 0 aliphatic carbocycles. The first kappa shape index (κ1) is 59.1. The zero-order valence-corrected chi connectivity index (χ0v) is 52.5. The van der Waals surface area contributed by atoms with Crippen molar-refractivity contribution < 1.29 is 9.90 Å². The van der Waals surface area contributed by atoms with Gasteiger partial charge in [-0.15, -0.1) is 0 Å². The van der Waals surface area contributed by atoms with Crippen LogP contribution in [0.1, 0.15) is 203 Å². The number of carboxylic acid groups (broad SMARTS) is 1. The van der Waals surface area contributed by atoms with E-state index in [1.54, 1.807) is 12.1 Å². The molecule has 3 aromatic heterocycles. The molecule has 0 radical (unpaired) electrons. The standard InChI is InChI=1S/C79H88N4O2S/c1-5-9-13-17-19-23-31-54(29-21-15-11-7-3)52-82-69-38-26-25-33-63(69)68-49-59(46-48-70(68)82)67-51-72-76-74-65(36-28-37-66(67)74)64-35-27-34-61-60(44-41-57-45-47-62(78-77(57)80-86-81-78)56-39-42-58(43-40-56)79(84)85)50-71(75(76)73(61)64)83(72)53-55(30-22-16-12-8-4)32-24-20-18-14-10-6-2/h25-28,33-40,42-43,45-51,54-55H,5-24,29-32,52-53H2,1-4H3,(H,84,85). The van der Waals surface area contributed by atoms with Crippen LogP contribution < -0.4 is 0 Å². The Morgan fingerprint density at radius 1 is 0.419 bits per heavy atom. The highest BCUT2D eigenvalue weighted by atomic mass is 32.1. The van der Waals surface area contributed by atoms with Crippen molar-refractivity contribution in [3.63, 3.8) is 0 Å². The third-order valence-corrected chi connectivity index (χ3v) is 20.0. The maximum Gasteiger partial charge on any atom is 0.335 e. The third-order valence-electron chi connectivity index (χ3n) is 19.4. The predicted octanol–water partition coefficient (Wildman–Crippen LogP) is 23.3. The maximum atomic E-state index is 11.7. The lowest BCUT2D eigenvalue weighted by molar-refractivity contribution is 0.0697. The zero-order chi connectivity index (χ0) is 58.9. The van der Waals surface area contributed by atoms with Crippen LogP contribution >= 0.6 is 11.7 Å². The van der Waals surface area contributed by atoms with Crippen LogP contribution in [0.4, 0.5) is 0 Å². The molecule has 6 nitrogen and oxygen atoms in total. The Morgan fingerprint density at radius 3 is 1.53 bits per heavy atom. The molecule has 7 heteroatoms. The second-order valence-electron chi connectivity index (χ2n) is 25.4. The van der Waals surface area contributed by atoms with E-state index in [0.29, 0.717) is 11.8 Å². The van der Waals surface area contributed by atoms with E-state index in [1.807, 2.05) is 12.1 Å². The summed E-state index contributed by atoms with van der Waals surface area (Å²) in [5.41, 5.74) is 13.4. The number of hydrogen-bond donors (Lipinski definition) is 1. The van der Waals surface area contributed by atoms with E-state index >= 15 is 0 Å². The molecule has 2 atom stereocenters. The van der Waals surface area contributed by atoms with E-state index in [0.717, 1.165) is 46.4 Å². The van der Waals surface area contributed by atoms with Gasteiger partial charge in [-0.3, -0.25) is 0 Å². The quantitative estimate of drug-likeness (QED) is 0.0203. The Hall–Kier alpha value is -7.27. The lowest BCUT2D eigenvalue weighted by Gasteiger charge is -2.20. The van der Waals surface area contributed by atoms with Crippen molar-refractivity contribution in [1.82, 2.24) is 17.9 Å². The maximum absolute atomic E-state index is 11.7. The molecular formula is C79H88N4O2S. The summed E-state index contributed by atoms with van der Waals surface area (Å²) in [5.74, 6) is 7.72. The summed E-state index contributed by atoms with van der Waals surface area (Å²) in [6, 6.07) is 46.9. The number of para-hydroxylation sites is 1. The fourth-order valence-corrected chi connectivity index (χ4v) is 15.4. The first-order valence-electron chi connectivity index (χ1n) is 33.5.